The second kappa shape index (κ2) is 14.8. The predicted molar refractivity (Wildman–Crippen MR) is 266 cm³/mol. The first-order chi connectivity index (χ1) is 30.2. The van der Waals surface area contributed by atoms with E-state index in [0.717, 1.165) is 11.4 Å². The molecular weight excluding hydrogens is 775 g/mol. The third-order valence-corrected chi connectivity index (χ3v) is 14.4. The Morgan fingerprint density at radius 3 is 1.26 bits per heavy atom. The van der Waals surface area contributed by atoms with Crippen LogP contribution in [0.3, 0.4) is 0 Å². The monoisotopic (exact) mass is 811 g/mol. The zero-order chi connectivity index (χ0) is 40.3. The Balaban J connectivity index is 1.04. The summed E-state index contributed by atoms with van der Waals surface area (Å²) >= 11 is 3.82. The molecule has 0 spiro atoms. The highest BCUT2D eigenvalue weighted by Gasteiger charge is 2.24. The van der Waals surface area contributed by atoms with Crippen LogP contribution in [0.15, 0.2) is 224 Å². The number of rotatable bonds is 7. The molecule has 286 valence electrons. The van der Waals surface area contributed by atoms with Crippen molar-refractivity contribution in [2.24, 2.45) is 0 Å². The lowest BCUT2D eigenvalue weighted by atomic mass is 9.98. The molecule has 0 aliphatic heterocycles. The molecule has 0 radical (unpaired) electrons. The van der Waals surface area contributed by atoms with Gasteiger partial charge in [-0.2, -0.15) is 0 Å². The smallest absolute Gasteiger partial charge is 0.0633 e. The van der Waals surface area contributed by atoms with Gasteiger partial charge in [-0.05, 0) is 92.4 Å². The SMILES string of the molecule is c1ccc(-c2ccc(-c3ccc(N(c4ccc(-c5ccc(-c6ccccc6)cc5)cc4)c4c5ccccc5cc5sc6ccc7c8ccccc8sc7c6c45)cc3)cc2)cc1. The lowest BCUT2D eigenvalue weighted by molar-refractivity contribution is 1.31. The molecule has 0 unspecified atom stereocenters. The first-order valence-electron chi connectivity index (χ1n) is 20.7. The van der Waals surface area contributed by atoms with E-state index in [-0.39, 0.29) is 0 Å². The minimum absolute atomic E-state index is 1.12. The van der Waals surface area contributed by atoms with Crippen molar-refractivity contribution in [2.45, 2.75) is 0 Å². The van der Waals surface area contributed by atoms with Gasteiger partial charge in [-0.25, -0.2) is 0 Å². The summed E-state index contributed by atoms with van der Waals surface area (Å²) in [5.74, 6) is 0. The van der Waals surface area contributed by atoms with E-state index < -0.39 is 0 Å². The summed E-state index contributed by atoms with van der Waals surface area (Å²) < 4.78 is 5.28. The number of benzene rings is 10. The molecule has 0 amide bonds. The highest BCUT2D eigenvalue weighted by atomic mass is 32.1. The van der Waals surface area contributed by atoms with Crippen molar-refractivity contribution in [2.75, 3.05) is 4.90 Å². The minimum atomic E-state index is 1.12. The molecule has 0 saturated heterocycles. The second-order valence-corrected chi connectivity index (χ2v) is 17.8. The standard InChI is InChI=1S/C58H37NS2/c1-3-11-38(12-4-1)40-19-23-42(24-20-40)44-27-31-47(32-28-44)59(48-33-29-45(30-34-48)43-25-21-41(22-26-43)39-13-5-2-6-14-39)57-49-16-8-7-15-46(49)37-54-55(57)56-53(60-54)36-35-51-50-17-9-10-18-52(50)61-58(51)56/h1-37H. The molecule has 0 aliphatic rings. The van der Waals surface area contributed by atoms with Gasteiger partial charge in [0, 0.05) is 57.1 Å². The summed E-state index contributed by atoms with van der Waals surface area (Å²) in [5, 5.41) is 7.76. The van der Waals surface area contributed by atoms with Gasteiger partial charge in [-0.15, -0.1) is 22.7 Å². The van der Waals surface area contributed by atoms with E-state index in [0.29, 0.717) is 0 Å². The number of anilines is 3. The van der Waals surface area contributed by atoms with Crippen molar-refractivity contribution in [3.05, 3.63) is 224 Å². The topological polar surface area (TPSA) is 3.24 Å². The quantitative estimate of drug-likeness (QED) is 0.155. The summed E-state index contributed by atoms with van der Waals surface area (Å²) in [5.41, 5.74) is 13.1. The molecule has 61 heavy (non-hydrogen) atoms. The second-order valence-electron chi connectivity index (χ2n) is 15.7. The third-order valence-electron chi connectivity index (χ3n) is 12.1. The number of thiophene rings is 2. The number of fused-ring (bicyclic) bond motifs is 8. The fourth-order valence-corrected chi connectivity index (χ4v) is 11.5. The van der Waals surface area contributed by atoms with Gasteiger partial charge in [-0.3, -0.25) is 0 Å². The zero-order valence-electron chi connectivity index (χ0n) is 33.1. The van der Waals surface area contributed by atoms with E-state index in [9.17, 15) is 0 Å². The van der Waals surface area contributed by atoms with E-state index in [2.05, 4.69) is 229 Å². The first-order valence-corrected chi connectivity index (χ1v) is 22.4. The summed E-state index contributed by atoms with van der Waals surface area (Å²) in [7, 11) is 0. The van der Waals surface area contributed by atoms with Crippen LogP contribution in [0.25, 0.3) is 95.6 Å². The average molecular weight is 812 g/mol. The van der Waals surface area contributed by atoms with Crippen molar-refractivity contribution >= 4 is 90.9 Å². The summed E-state index contributed by atoms with van der Waals surface area (Å²) in [6.45, 7) is 0. The molecule has 2 heterocycles. The fourth-order valence-electron chi connectivity index (χ4n) is 9.05. The van der Waals surface area contributed by atoms with Gasteiger partial charge in [0.2, 0.25) is 0 Å². The minimum Gasteiger partial charge on any atom is -0.309 e. The van der Waals surface area contributed by atoms with Gasteiger partial charge in [0.25, 0.3) is 0 Å². The Morgan fingerprint density at radius 2 is 0.721 bits per heavy atom. The highest BCUT2D eigenvalue weighted by Crippen LogP contribution is 2.52. The van der Waals surface area contributed by atoms with Gasteiger partial charge in [-0.1, -0.05) is 182 Å². The Morgan fingerprint density at radius 1 is 0.279 bits per heavy atom. The van der Waals surface area contributed by atoms with Crippen LogP contribution < -0.4 is 4.90 Å². The number of nitrogens with zero attached hydrogens (tertiary/aromatic N) is 1. The van der Waals surface area contributed by atoms with E-state index in [4.69, 9.17) is 0 Å². The van der Waals surface area contributed by atoms with Gasteiger partial charge >= 0.3 is 0 Å². The van der Waals surface area contributed by atoms with Crippen LogP contribution in [-0.2, 0) is 0 Å². The largest absolute Gasteiger partial charge is 0.309 e. The molecule has 0 atom stereocenters. The molecule has 2 aromatic heterocycles. The van der Waals surface area contributed by atoms with Crippen molar-refractivity contribution < 1.29 is 0 Å². The predicted octanol–water partition coefficient (Wildman–Crippen LogP) is 17.7. The summed E-state index contributed by atoms with van der Waals surface area (Å²) in [6.07, 6.45) is 0. The summed E-state index contributed by atoms with van der Waals surface area (Å²) in [4.78, 5) is 2.51. The molecule has 10 aromatic carbocycles. The molecule has 12 rings (SSSR count). The maximum Gasteiger partial charge on any atom is 0.0633 e. The first kappa shape index (κ1) is 35.6. The molecule has 3 heteroatoms. The van der Waals surface area contributed by atoms with Gasteiger partial charge in [0.05, 0.1) is 5.69 Å². The molecule has 0 fully saturated rings. The van der Waals surface area contributed by atoms with Crippen LogP contribution in [0.1, 0.15) is 0 Å². The van der Waals surface area contributed by atoms with Crippen molar-refractivity contribution in [3.63, 3.8) is 0 Å². The van der Waals surface area contributed by atoms with Crippen LogP contribution in [0.4, 0.5) is 17.1 Å². The van der Waals surface area contributed by atoms with Gasteiger partial charge in [0.15, 0.2) is 0 Å². The zero-order valence-corrected chi connectivity index (χ0v) is 34.8. The fraction of sp³-hybridized carbons (Fsp3) is 0. The van der Waals surface area contributed by atoms with E-state index in [1.54, 1.807) is 0 Å². The van der Waals surface area contributed by atoms with E-state index >= 15 is 0 Å². The molecule has 0 bridgehead atoms. The Kier molecular flexibility index (Phi) is 8.62. The Bertz CT molecular complexity index is 3400. The molecular formula is C58H37NS2. The molecule has 1 nitrogen and oxygen atoms in total. The van der Waals surface area contributed by atoms with Crippen LogP contribution in [0.5, 0.6) is 0 Å². The van der Waals surface area contributed by atoms with Gasteiger partial charge in [0.1, 0.15) is 0 Å². The molecule has 0 saturated carbocycles. The summed E-state index contributed by atoms with van der Waals surface area (Å²) in [6, 6.07) is 82.2. The average Bonchev–Trinajstić information content (AvgIpc) is 3.91. The molecule has 0 aliphatic carbocycles. The molecule has 0 N–H and O–H groups in total. The third kappa shape index (κ3) is 6.21. The number of hydrogen-bond donors (Lipinski definition) is 0. The van der Waals surface area contributed by atoms with Crippen LogP contribution in [0, 0.1) is 0 Å². The van der Waals surface area contributed by atoms with Gasteiger partial charge < -0.3 is 4.90 Å². The lowest BCUT2D eigenvalue weighted by Gasteiger charge is -2.28. The van der Waals surface area contributed by atoms with Crippen molar-refractivity contribution in [1.29, 1.82) is 0 Å². The van der Waals surface area contributed by atoms with Crippen LogP contribution >= 0.6 is 22.7 Å². The highest BCUT2D eigenvalue weighted by molar-refractivity contribution is 7.30. The van der Waals surface area contributed by atoms with E-state index in [1.165, 1.54) is 101 Å². The molecule has 12 aromatic rings. The normalized spacial score (nSPS) is 11.6. The van der Waals surface area contributed by atoms with Crippen molar-refractivity contribution in [1.82, 2.24) is 0 Å². The maximum atomic E-state index is 2.51. The number of hydrogen-bond acceptors (Lipinski definition) is 3. The van der Waals surface area contributed by atoms with E-state index in [1.807, 2.05) is 22.7 Å². The van der Waals surface area contributed by atoms with Crippen LogP contribution in [0.2, 0.25) is 0 Å². The van der Waals surface area contributed by atoms with Crippen LogP contribution in [-0.4, -0.2) is 0 Å². The Hall–Kier alpha value is -7.30. The lowest BCUT2D eigenvalue weighted by Crippen LogP contribution is -2.11. The van der Waals surface area contributed by atoms with Crippen molar-refractivity contribution in [3.8, 4) is 44.5 Å². The Labute approximate surface area is 362 Å². The maximum absolute atomic E-state index is 2.51.